The van der Waals surface area contributed by atoms with Gasteiger partial charge >= 0.3 is 6.03 Å². The lowest BCUT2D eigenvalue weighted by molar-refractivity contribution is 0.0575. The highest BCUT2D eigenvalue weighted by atomic mass is 19.1. The molecule has 1 fully saturated rings. The summed E-state index contributed by atoms with van der Waals surface area (Å²) < 4.78 is 13.4. The number of nitrogens with zero attached hydrogens (tertiary/aromatic N) is 2. The molecule has 3 N–H and O–H groups in total. The van der Waals surface area contributed by atoms with Gasteiger partial charge in [-0.25, -0.2) is 9.18 Å². The van der Waals surface area contributed by atoms with Crippen molar-refractivity contribution in [2.75, 3.05) is 26.2 Å². The highest BCUT2D eigenvalue weighted by Gasteiger charge is 2.41. The minimum Gasteiger partial charge on any atom is -0.387 e. The number of urea groups is 1. The Balaban J connectivity index is 1.69. The van der Waals surface area contributed by atoms with E-state index >= 15 is 0 Å². The van der Waals surface area contributed by atoms with Crippen LogP contribution in [0.4, 0.5) is 9.18 Å². The van der Waals surface area contributed by atoms with E-state index in [4.69, 9.17) is 5.73 Å². The highest BCUT2D eigenvalue weighted by Crippen LogP contribution is 2.36. The van der Waals surface area contributed by atoms with Crippen LogP contribution in [0, 0.1) is 5.82 Å². The number of hydrogen-bond donors (Lipinski definition) is 2. The van der Waals surface area contributed by atoms with Crippen molar-refractivity contribution >= 4 is 6.03 Å². The van der Waals surface area contributed by atoms with Gasteiger partial charge in [-0.1, -0.05) is 36.4 Å². The number of carbonyl (C=O) groups is 1. The van der Waals surface area contributed by atoms with Crippen LogP contribution in [-0.2, 0) is 6.42 Å². The van der Waals surface area contributed by atoms with E-state index in [0.29, 0.717) is 19.5 Å². The quantitative estimate of drug-likeness (QED) is 0.853. The van der Waals surface area contributed by atoms with Crippen molar-refractivity contribution in [3.63, 3.8) is 0 Å². The Kier molecular flexibility index (Phi) is 4.61. The summed E-state index contributed by atoms with van der Waals surface area (Å²) >= 11 is 0. The van der Waals surface area contributed by atoms with Crippen LogP contribution in [0.25, 0.3) is 0 Å². The Morgan fingerprint density at radius 1 is 1.19 bits per heavy atom. The van der Waals surface area contributed by atoms with E-state index in [9.17, 15) is 14.3 Å². The predicted molar refractivity (Wildman–Crippen MR) is 101 cm³/mol. The molecule has 2 aromatic rings. The van der Waals surface area contributed by atoms with E-state index in [2.05, 4.69) is 6.07 Å². The van der Waals surface area contributed by atoms with Crippen molar-refractivity contribution in [3.8, 4) is 0 Å². The van der Waals surface area contributed by atoms with Crippen LogP contribution in [0.2, 0.25) is 0 Å². The number of nitrogens with two attached hydrogens (primary N) is 1. The summed E-state index contributed by atoms with van der Waals surface area (Å²) in [6, 6.07) is 14.0. The maximum atomic E-state index is 13.4. The molecule has 4 rings (SSSR count). The summed E-state index contributed by atoms with van der Waals surface area (Å²) in [7, 11) is 0. The van der Waals surface area contributed by atoms with Crippen molar-refractivity contribution in [2.24, 2.45) is 5.73 Å². The van der Waals surface area contributed by atoms with Crippen molar-refractivity contribution < 1.29 is 14.3 Å². The molecule has 0 aliphatic carbocycles. The summed E-state index contributed by atoms with van der Waals surface area (Å²) in [6.45, 7) is 1.45. The van der Waals surface area contributed by atoms with E-state index in [1.54, 1.807) is 17.0 Å². The first-order valence-corrected chi connectivity index (χ1v) is 9.32. The molecule has 27 heavy (non-hydrogen) atoms. The lowest BCUT2D eigenvalue weighted by Gasteiger charge is -2.40. The number of likely N-dealkylation sites (tertiary alicyclic amines) is 1. The van der Waals surface area contributed by atoms with Gasteiger partial charge in [0.2, 0.25) is 0 Å². The topological polar surface area (TPSA) is 69.8 Å². The zero-order chi connectivity index (χ0) is 19.0. The zero-order valence-corrected chi connectivity index (χ0v) is 15.1. The number of aliphatic hydroxyl groups is 1. The molecule has 0 spiro atoms. The Hall–Kier alpha value is -2.44. The molecule has 2 aliphatic rings. The van der Waals surface area contributed by atoms with Gasteiger partial charge in [-0.3, -0.25) is 0 Å². The van der Waals surface area contributed by atoms with E-state index in [1.165, 1.54) is 17.7 Å². The number of rotatable bonds is 2. The summed E-state index contributed by atoms with van der Waals surface area (Å²) in [5, 5.41) is 10.4. The molecule has 2 aliphatic heterocycles. The van der Waals surface area contributed by atoms with Gasteiger partial charge in [-0.2, -0.15) is 0 Å². The van der Waals surface area contributed by atoms with Crippen LogP contribution >= 0.6 is 0 Å². The molecular formula is C21H24FN3O2. The molecule has 0 radical (unpaired) electrons. The fourth-order valence-corrected chi connectivity index (χ4v) is 4.15. The third kappa shape index (κ3) is 3.31. The van der Waals surface area contributed by atoms with E-state index in [1.807, 2.05) is 23.1 Å². The van der Waals surface area contributed by atoms with Gasteiger partial charge in [0.1, 0.15) is 5.82 Å². The number of carbonyl (C=O) groups excluding carboxylic acids is 1. The minimum atomic E-state index is -1.01. The monoisotopic (exact) mass is 369 g/mol. The van der Waals surface area contributed by atoms with Gasteiger partial charge in [0.25, 0.3) is 0 Å². The van der Waals surface area contributed by atoms with E-state index in [0.717, 1.165) is 17.5 Å². The second kappa shape index (κ2) is 6.94. The maximum absolute atomic E-state index is 13.4. The predicted octanol–water partition coefficient (Wildman–Crippen LogP) is 2.29. The molecule has 0 saturated carbocycles. The lowest BCUT2D eigenvalue weighted by Crippen LogP contribution is -2.49. The summed E-state index contributed by atoms with van der Waals surface area (Å²) in [5.74, 6) is -0.298. The second-order valence-electron chi connectivity index (χ2n) is 7.48. The molecule has 0 bridgehead atoms. The maximum Gasteiger partial charge on any atom is 0.320 e. The van der Waals surface area contributed by atoms with Gasteiger partial charge in [0, 0.05) is 19.6 Å². The molecule has 2 amide bonds. The third-order valence-electron chi connectivity index (χ3n) is 5.70. The van der Waals surface area contributed by atoms with E-state index < -0.39 is 5.60 Å². The highest BCUT2D eigenvalue weighted by molar-refractivity contribution is 5.76. The Morgan fingerprint density at radius 2 is 1.93 bits per heavy atom. The molecule has 0 aromatic heterocycles. The third-order valence-corrected chi connectivity index (χ3v) is 5.70. The van der Waals surface area contributed by atoms with Crippen molar-refractivity contribution in [2.45, 2.75) is 24.5 Å². The number of halogens is 1. The van der Waals surface area contributed by atoms with Crippen LogP contribution < -0.4 is 5.73 Å². The first-order valence-electron chi connectivity index (χ1n) is 9.32. The largest absolute Gasteiger partial charge is 0.387 e. The Bertz CT molecular complexity index is 842. The SMILES string of the molecule is NC[C@]1(O)CCN(C(=O)N2CCc3ccccc3[C@@H]2c2ccc(F)cc2)C1. The second-order valence-corrected chi connectivity index (χ2v) is 7.48. The van der Waals surface area contributed by atoms with Crippen LogP contribution in [0.3, 0.4) is 0 Å². The fourth-order valence-electron chi connectivity index (χ4n) is 4.15. The lowest BCUT2D eigenvalue weighted by atomic mass is 9.88. The number of hydrogen-bond acceptors (Lipinski definition) is 3. The normalized spacial score (nSPS) is 24.8. The van der Waals surface area contributed by atoms with Gasteiger partial charge < -0.3 is 20.6 Å². The van der Waals surface area contributed by atoms with Gasteiger partial charge in [0.05, 0.1) is 18.2 Å². The van der Waals surface area contributed by atoms with Crippen LogP contribution in [-0.4, -0.2) is 52.7 Å². The molecule has 1 saturated heterocycles. The minimum absolute atomic E-state index is 0.108. The van der Waals surface area contributed by atoms with Gasteiger partial charge in [-0.15, -0.1) is 0 Å². The summed E-state index contributed by atoms with van der Waals surface area (Å²) in [4.78, 5) is 16.8. The Labute approximate surface area is 158 Å². The Morgan fingerprint density at radius 3 is 2.63 bits per heavy atom. The number of amides is 2. The molecule has 2 heterocycles. The first-order chi connectivity index (χ1) is 13.0. The van der Waals surface area contributed by atoms with E-state index in [-0.39, 0.29) is 31.0 Å². The van der Waals surface area contributed by atoms with Crippen LogP contribution in [0.15, 0.2) is 48.5 Å². The smallest absolute Gasteiger partial charge is 0.320 e. The summed E-state index contributed by atoms with van der Waals surface area (Å²) in [5.41, 5.74) is 7.81. The van der Waals surface area contributed by atoms with Crippen molar-refractivity contribution in [1.82, 2.24) is 9.80 Å². The van der Waals surface area contributed by atoms with Crippen LogP contribution in [0.5, 0.6) is 0 Å². The molecule has 2 aromatic carbocycles. The molecule has 2 atom stereocenters. The average Bonchev–Trinajstić information content (AvgIpc) is 3.10. The van der Waals surface area contributed by atoms with Gasteiger partial charge in [-0.05, 0) is 41.7 Å². The molecule has 142 valence electrons. The number of fused-ring (bicyclic) bond motifs is 1. The van der Waals surface area contributed by atoms with Crippen molar-refractivity contribution in [1.29, 1.82) is 0 Å². The number of β-amino-alcohol motifs (C(OH)–C–C–N with tert-alkyl or cyclic N) is 1. The zero-order valence-electron chi connectivity index (χ0n) is 15.1. The van der Waals surface area contributed by atoms with Crippen LogP contribution in [0.1, 0.15) is 29.2 Å². The molecule has 0 unspecified atom stereocenters. The fraction of sp³-hybridized carbons (Fsp3) is 0.381. The molecule has 5 nitrogen and oxygen atoms in total. The molecule has 6 heteroatoms. The average molecular weight is 369 g/mol. The van der Waals surface area contributed by atoms with Crippen molar-refractivity contribution in [3.05, 3.63) is 71.0 Å². The van der Waals surface area contributed by atoms with Gasteiger partial charge in [0.15, 0.2) is 0 Å². The first kappa shape index (κ1) is 17.9. The molecular weight excluding hydrogens is 345 g/mol. The summed E-state index contributed by atoms with van der Waals surface area (Å²) in [6.07, 6.45) is 1.26. The standard InChI is InChI=1S/C21H24FN3O2/c22-17-7-5-16(6-8-17)19-18-4-2-1-3-15(18)9-11-25(19)20(26)24-12-10-21(27,13-23)14-24/h1-8,19,27H,9-14,23H2/t19-,21+/m0/s1. The number of benzene rings is 2.